The van der Waals surface area contributed by atoms with Crippen molar-refractivity contribution in [1.29, 1.82) is 0 Å². The molecule has 1 saturated heterocycles. The molecule has 16 heavy (non-hydrogen) atoms. The molecule has 0 aromatic heterocycles. The van der Waals surface area contributed by atoms with Crippen molar-refractivity contribution >= 4 is 38.5 Å². The molecule has 0 unspecified atom stereocenters. The van der Waals surface area contributed by atoms with E-state index in [1.807, 2.05) is 22.6 Å². The number of hydrogen-bond donors (Lipinski definition) is 1. The van der Waals surface area contributed by atoms with Crippen molar-refractivity contribution in [3.05, 3.63) is 9.46 Å². The normalized spacial score (nSPS) is 25.1. The summed E-state index contributed by atoms with van der Waals surface area (Å²) in [5, 5.41) is 2.68. The molecule has 0 radical (unpaired) electrons. The Kier molecular flexibility index (Phi) is 2.70. The van der Waals surface area contributed by atoms with E-state index in [1.54, 1.807) is 6.92 Å². The number of carbonyl (C=O) groups is 1. The minimum absolute atomic E-state index is 0.0808. The van der Waals surface area contributed by atoms with Crippen LogP contribution in [0.2, 0.25) is 0 Å². The molecular weight excluding hydrogens is 347 g/mol. The van der Waals surface area contributed by atoms with Crippen LogP contribution in [0.4, 0.5) is 0 Å². The number of halogens is 1. The van der Waals surface area contributed by atoms with Crippen molar-refractivity contribution in [2.24, 2.45) is 0 Å². The van der Waals surface area contributed by atoms with Crippen molar-refractivity contribution in [1.82, 2.24) is 9.62 Å². The third-order valence-electron chi connectivity index (χ3n) is 2.63. The standard InChI is InChI=1S/C8H11IN2O4S/c1-5-6(9)15-8(7(12)10-5)3-11(4-8)16(2,13)14/h3-4H2,1-2H3,(H,10,12). The fourth-order valence-electron chi connectivity index (χ4n) is 1.59. The number of rotatable bonds is 1. The minimum Gasteiger partial charge on any atom is -0.467 e. The summed E-state index contributed by atoms with van der Waals surface area (Å²) >= 11 is 1.98. The fourth-order valence-corrected chi connectivity index (χ4v) is 3.04. The van der Waals surface area contributed by atoms with Gasteiger partial charge < -0.3 is 10.1 Å². The second-order valence-electron chi connectivity index (χ2n) is 3.98. The van der Waals surface area contributed by atoms with Crippen LogP contribution in [0.25, 0.3) is 0 Å². The predicted molar refractivity (Wildman–Crippen MR) is 65.1 cm³/mol. The number of ether oxygens (including phenoxy) is 1. The molecule has 0 atom stereocenters. The molecule has 1 fully saturated rings. The Morgan fingerprint density at radius 2 is 2.06 bits per heavy atom. The lowest BCUT2D eigenvalue weighted by Crippen LogP contribution is -2.71. The van der Waals surface area contributed by atoms with Gasteiger partial charge in [-0.1, -0.05) is 0 Å². The number of sulfonamides is 1. The van der Waals surface area contributed by atoms with Crippen LogP contribution in [0.1, 0.15) is 6.92 Å². The van der Waals surface area contributed by atoms with Crippen molar-refractivity contribution < 1.29 is 17.9 Å². The lowest BCUT2D eigenvalue weighted by atomic mass is 9.94. The van der Waals surface area contributed by atoms with Gasteiger partial charge in [-0.05, 0) is 6.92 Å². The number of nitrogens with one attached hydrogen (secondary N) is 1. The largest absolute Gasteiger partial charge is 0.467 e. The molecule has 0 aromatic carbocycles. The summed E-state index contributed by atoms with van der Waals surface area (Å²) in [6.45, 7) is 1.90. The molecule has 2 aliphatic rings. The highest BCUT2D eigenvalue weighted by Gasteiger charge is 2.56. The highest BCUT2D eigenvalue weighted by Crippen LogP contribution is 2.35. The Balaban J connectivity index is 2.18. The first-order chi connectivity index (χ1) is 7.24. The Morgan fingerprint density at radius 3 is 2.56 bits per heavy atom. The number of allylic oxidation sites excluding steroid dienone is 1. The van der Waals surface area contributed by atoms with Crippen LogP contribution in [-0.2, 0) is 19.6 Å². The first-order valence-corrected chi connectivity index (χ1v) is 7.49. The second kappa shape index (κ2) is 3.57. The van der Waals surface area contributed by atoms with Crippen LogP contribution in [0, 0.1) is 0 Å². The van der Waals surface area contributed by atoms with Gasteiger partial charge >= 0.3 is 0 Å². The average molecular weight is 358 g/mol. The highest BCUT2D eigenvalue weighted by atomic mass is 127. The van der Waals surface area contributed by atoms with E-state index in [4.69, 9.17) is 4.74 Å². The van der Waals surface area contributed by atoms with Gasteiger partial charge in [0.15, 0.2) is 3.77 Å². The Morgan fingerprint density at radius 1 is 1.50 bits per heavy atom. The molecular formula is C8H11IN2O4S. The monoisotopic (exact) mass is 358 g/mol. The van der Waals surface area contributed by atoms with Crippen molar-refractivity contribution in [2.75, 3.05) is 19.3 Å². The molecule has 6 nitrogen and oxygen atoms in total. The third kappa shape index (κ3) is 1.82. The summed E-state index contributed by atoms with van der Waals surface area (Å²) in [4.78, 5) is 11.7. The predicted octanol–water partition coefficient (Wildman–Crippen LogP) is -0.229. The number of nitrogens with zero attached hydrogens (tertiary/aromatic N) is 1. The van der Waals surface area contributed by atoms with Crippen molar-refractivity contribution in [3.8, 4) is 0 Å². The molecule has 0 aromatic rings. The summed E-state index contributed by atoms with van der Waals surface area (Å²) in [7, 11) is -3.24. The van der Waals surface area contributed by atoms with Gasteiger partial charge in [-0.25, -0.2) is 8.42 Å². The lowest BCUT2D eigenvalue weighted by Gasteiger charge is -2.48. The van der Waals surface area contributed by atoms with Gasteiger partial charge in [-0.2, -0.15) is 4.31 Å². The van der Waals surface area contributed by atoms with E-state index in [1.165, 1.54) is 4.31 Å². The molecule has 90 valence electrons. The van der Waals surface area contributed by atoms with Gasteiger partial charge in [0, 0.05) is 22.6 Å². The van der Waals surface area contributed by atoms with Crippen molar-refractivity contribution in [2.45, 2.75) is 12.5 Å². The number of hydrogen-bond acceptors (Lipinski definition) is 4. The van der Waals surface area contributed by atoms with Crippen LogP contribution in [0.5, 0.6) is 0 Å². The molecule has 2 rings (SSSR count). The molecule has 1 spiro atoms. The maximum Gasteiger partial charge on any atom is 0.271 e. The van der Waals surface area contributed by atoms with Gasteiger partial charge in [0.1, 0.15) is 0 Å². The first kappa shape index (κ1) is 12.1. The lowest BCUT2D eigenvalue weighted by molar-refractivity contribution is -0.155. The molecule has 8 heteroatoms. The minimum atomic E-state index is -3.24. The summed E-state index contributed by atoms with van der Waals surface area (Å²) in [6.07, 6.45) is 1.12. The van der Waals surface area contributed by atoms with E-state index in [0.717, 1.165) is 6.26 Å². The fraction of sp³-hybridized carbons (Fsp3) is 0.625. The molecule has 2 heterocycles. The summed E-state index contributed by atoms with van der Waals surface area (Å²) in [5.41, 5.74) is -0.368. The van der Waals surface area contributed by atoms with Gasteiger partial charge in [0.2, 0.25) is 15.6 Å². The summed E-state index contributed by atoms with van der Waals surface area (Å²) in [5.74, 6) is -0.273. The van der Waals surface area contributed by atoms with E-state index in [0.29, 0.717) is 9.46 Å². The molecule has 1 amide bonds. The summed E-state index contributed by atoms with van der Waals surface area (Å²) in [6, 6.07) is 0. The topological polar surface area (TPSA) is 75.7 Å². The molecule has 1 N–H and O–H groups in total. The van der Waals surface area contributed by atoms with Crippen LogP contribution >= 0.6 is 22.6 Å². The van der Waals surface area contributed by atoms with Crippen LogP contribution in [0.3, 0.4) is 0 Å². The van der Waals surface area contributed by atoms with E-state index in [-0.39, 0.29) is 19.0 Å². The molecule has 0 aliphatic carbocycles. The SMILES string of the molecule is CC1=C(I)OC2(CN(S(C)(=O)=O)C2)C(=O)N1. The van der Waals surface area contributed by atoms with E-state index >= 15 is 0 Å². The van der Waals surface area contributed by atoms with Crippen LogP contribution in [0.15, 0.2) is 9.46 Å². The zero-order valence-electron chi connectivity index (χ0n) is 8.78. The van der Waals surface area contributed by atoms with Crippen LogP contribution in [-0.4, -0.2) is 43.6 Å². The smallest absolute Gasteiger partial charge is 0.271 e. The number of amides is 1. The number of carbonyl (C=O) groups excluding carboxylic acids is 1. The molecule has 2 aliphatic heterocycles. The zero-order valence-corrected chi connectivity index (χ0v) is 11.8. The quantitative estimate of drug-likeness (QED) is 0.658. The van der Waals surface area contributed by atoms with Crippen LogP contribution < -0.4 is 5.32 Å². The molecule has 0 bridgehead atoms. The maximum absolute atomic E-state index is 11.7. The maximum atomic E-state index is 11.7. The molecule has 0 saturated carbocycles. The highest BCUT2D eigenvalue weighted by molar-refractivity contribution is 14.1. The second-order valence-corrected chi connectivity index (χ2v) is 6.94. The van der Waals surface area contributed by atoms with Gasteiger partial charge in [0.25, 0.3) is 5.91 Å². The summed E-state index contributed by atoms with van der Waals surface area (Å²) < 4.78 is 29.8. The van der Waals surface area contributed by atoms with Gasteiger partial charge in [-0.3, -0.25) is 4.79 Å². The first-order valence-electron chi connectivity index (χ1n) is 4.57. The Hall–Kier alpha value is -0.350. The van der Waals surface area contributed by atoms with Crippen molar-refractivity contribution in [3.63, 3.8) is 0 Å². The van der Waals surface area contributed by atoms with E-state index in [2.05, 4.69) is 5.32 Å². The van der Waals surface area contributed by atoms with Gasteiger partial charge in [-0.15, -0.1) is 0 Å². The Labute approximate surface area is 107 Å². The third-order valence-corrected chi connectivity index (χ3v) is 4.85. The van der Waals surface area contributed by atoms with E-state index in [9.17, 15) is 13.2 Å². The average Bonchev–Trinajstić information content (AvgIpc) is 2.05. The Bertz CT molecular complexity index is 478. The van der Waals surface area contributed by atoms with Gasteiger partial charge in [0.05, 0.1) is 25.0 Å². The van der Waals surface area contributed by atoms with E-state index < -0.39 is 15.6 Å². The zero-order chi connectivity index (χ0) is 12.1.